The molecule has 5 nitrogen and oxygen atoms in total. The van der Waals surface area contributed by atoms with Crippen LogP contribution in [0.1, 0.15) is 61.4 Å². The number of carbonyl (C=O) groups is 1. The monoisotopic (exact) mass is 412 g/mol. The van der Waals surface area contributed by atoms with E-state index in [0.717, 1.165) is 30.7 Å². The minimum absolute atomic E-state index is 0.00655. The molecule has 2 aliphatic rings. The molecule has 0 bridgehead atoms. The van der Waals surface area contributed by atoms with E-state index in [2.05, 4.69) is 10.0 Å². The lowest BCUT2D eigenvalue weighted by molar-refractivity contribution is 0.0661. The van der Waals surface area contributed by atoms with Gasteiger partial charge in [0.25, 0.3) is 5.91 Å². The molecule has 1 amide bonds. The molecule has 0 spiro atoms. The van der Waals surface area contributed by atoms with Gasteiger partial charge in [0.2, 0.25) is 10.0 Å². The van der Waals surface area contributed by atoms with Gasteiger partial charge in [0.15, 0.2) is 0 Å². The third kappa shape index (κ3) is 5.46. The molecule has 1 aromatic carbocycles. The molecular formula is C20H29ClN2O3S. The maximum absolute atomic E-state index is 12.6. The molecule has 2 aliphatic carbocycles. The van der Waals surface area contributed by atoms with Crippen LogP contribution >= 0.6 is 11.6 Å². The van der Waals surface area contributed by atoms with Gasteiger partial charge < -0.3 is 5.32 Å². The van der Waals surface area contributed by atoms with Crippen LogP contribution in [0.4, 0.5) is 0 Å². The first-order valence-electron chi connectivity index (χ1n) is 9.76. The van der Waals surface area contributed by atoms with Crippen LogP contribution in [0.2, 0.25) is 5.02 Å². The minimum Gasteiger partial charge on any atom is -0.351 e. The molecule has 0 aromatic heterocycles. The Hall–Kier alpha value is -1.11. The number of hydrogen-bond acceptors (Lipinski definition) is 3. The summed E-state index contributed by atoms with van der Waals surface area (Å²) in [5.41, 5.74) is 1.50. The van der Waals surface area contributed by atoms with E-state index in [1.807, 2.05) is 19.9 Å². The first kappa shape index (κ1) is 20.6. The van der Waals surface area contributed by atoms with Crippen molar-refractivity contribution < 1.29 is 13.2 Å². The standard InChI is InChI=1S/C20H29ClN2O3S/c1-3-8-27(25,26)23-16-11-20(12-16,10-15-5-6-15)13-22-19(24)17-7-4-14(2)9-18(17)21/h4,7,9,15-16,23H,3,5-6,8,10-13H2,1-2H3,(H,22,24)/t16-,20+. The van der Waals surface area contributed by atoms with Crippen molar-refractivity contribution in [1.82, 2.24) is 10.0 Å². The molecule has 0 aliphatic heterocycles. The zero-order valence-corrected chi connectivity index (χ0v) is 17.6. The minimum atomic E-state index is -3.19. The SMILES string of the molecule is CCCS(=O)(=O)N[C@H]1C[C@](CNC(=O)c2ccc(C)cc2Cl)(CC2CC2)C1. The number of halogens is 1. The number of aryl methyl sites for hydroxylation is 1. The summed E-state index contributed by atoms with van der Waals surface area (Å²) in [5.74, 6) is 0.727. The highest BCUT2D eigenvalue weighted by atomic mass is 35.5. The summed E-state index contributed by atoms with van der Waals surface area (Å²) in [6.07, 6.45) is 5.73. The molecule has 27 heavy (non-hydrogen) atoms. The van der Waals surface area contributed by atoms with Crippen LogP contribution in [0.3, 0.4) is 0 Å². The van der Waals surface area contributed by atoms with Gasteiger partial charge in [-0.2, -0.15) is 0 Å². The number of sulfonamides is 1. The van der Waals surface area contributed by atoms with Gasteiger partial charge in [0.05, 0.1) is 16.3 Å². The Balaban J connectivity index is 1.59. The fraction of sp³-hybridized carbons (Fsp3) is 0.650. The molecule has 0 radical (unpaired) electrons. The van der Waals surface area contributed by atoms with Gasteiger partial charge in [-0.05, 0) is 61.6 Å². The zero-order valence-electron chi connectivity index (χ0n) is 16.1. The lowest BCUT2D eigenvalue weighted by Crippen LogP contribution is -2.55. The van der Waals surface area contributed by atoms with E-state index in [-0.39, 0.29) is 23.1 Å². The van der Waals surface area contributed by atoms with Crippen LogP contribution in [0.25, 0.3) is 0 Å². The average molecular weight is 413 g/mol. The first-order chi connectivity index (χ1) is 12.7. The summed E-state index contributed by atoms with van der Waals surface area (Å²) < 4.78 is 26.8. The van der Waals surface area contributed by atoms with Crippen LogP contribution in [-0.4, -0.2) is 32.7 Å². The Kier molecular flexibility index (Phi) is 6.18. The maximum Gasteiger partial charge on any atom is 0.252 e. The fourth-order valence-corrected chi connectivity index (χ4v) is 5.79. The Morgan fingerprint density at radius 1 is 1.30 bits per heavy atom. The number of benzene rings is 1. The molecule has 3 rings (SSSR count). The summed E-state index contributed by atoms with van der Waals surface area (Å²) in [6.45, 7) is 4.37. The van der Waals surface area contributed by atoms with Gasteiger partial charge in [-0.15, -0.1) is 0 Å². The van der Waals surface area contributed by atoms with Gasteiger partial charge in [-0.3, -0.25) is 4.79 Å². The third-order valence-corrected chi connectivity index (χ3v) is 7.54. The van der Waals surface area contributed by atoms with E-state index in [0.29, 0.717) is 23.6 Å². The summed E-state index contributed by atoms with van der Waals surface area (Å²) in [6, 6.07) is 5.41. The highest BCUT2D eigenvalue weighted by molar-refractivity contribution is 7.89. The second-order valence-corrected chi connectivity index (χ2v) is 10.6. The molecule has 1 aromatic rings. The van der Waals surface area contributed by atoms with Crippen molar-refractivity contribution in [1.29, 1.82) is 0 Å². The van der Waals surface area contributed by atoms with E-state index >= 15 is 0 Å². The number of nitrogens with one attached hydrogen (secondary N) is 2. The van der Waals surface area contributed by atoms with E-state index < -0.39 is 10.0 Å². The van der Waals surface area contributed by atoms with E-state index in [4.69, 9.17) is 11.6 Å². The Bertz CT molecular complexity index is 799. The highest BCUT2D eigenvalue weighted by Crippen LogP contribution is 2.51. The van der Waals surface area contributed by atoms with Crippen molar-refractivity contribution in [2.45, 2.75) is 58.4 Å². The summed E-state index contributed by atoms with van der Waals surface area (Å²) in [5, 5.41) is 3.50. The molecule has 150 valence electrons. The van der Waals surface area contributed by atoms with Gasteiger partial charge in [0, 0.05) is 12.6 Å². The smallest absolute Gasteiger partial charge is 0.252 e. The second-order valence-electron chi connectivity index (χ2n) is 8.36. The molecule has 2 N–H and O–H groups in total. The highest BCUT2D eigenvalue weighted by Gasteiger charge is 2.48. The van der Waals surface area contributed by atoms with Crippen molar-refractivity contribution in [3.8, 4) is 0 Å². The van der Waals surface area contributed by atoms with Gasteiger partial charge in [-0.1, -0.05) is 37.4 Å². The zero-order chi connectivity index (χ0) is 19.7. The Morgan fingerprint density at radius 2 is 2.00 bits per heavy atom. The fourth-order valence-electron chi connectivity index (χ4n) is 4.14. The van der Waals surface area contributed by atoms with Crippen LogP contribution in [0, 0.1) is 18.3 Å². The van der Waals surface area contributed by atoms with Crippen LogP contribution in [0.15, 0.2) is 18.2 Å². The van der Waals surface area contributed by atoms with Crippen LogP contribution < -0.4 is 10.0 Å². The topological polar surface area (TPSA) is 75.3 Å². The van der Waals surface area contributed by atoms with E-state index in [9.17, 15) is 13.2 Å². The van der Waals surface area contributed by atoms with Crippen molar-refractivity contribution in [3.05, 3.63) is 34.3 Å². The molecule has 2 saturated carbocycles. The van der Waals surface area contributed by atoms with Crippen LogP contribution in [0.5, 0.6) is 0 Å². The number of rotatable bonds is 9. The number of carbonyl (C=O) groups excluding carboxylic acids is 1. The van der Waals surface area contributed by atoms with Gasteiger partial charge in [0.1, 0.15) is 0 Å². The lowest BCUT2D eigenvalue weighted by atomic mass is 9.63. The Morgan fingerprint density at radius 3 is 2.59 bits per heavy atom. The second kappa shape index (κ2) is 8.10. The number of amides is 1. The molecule has 2 fully saturated rings. The Labute approximate surface area is 167 Å². The number of hydrogen-bond donors (Lipinski definition) is 2. The predicted octanol–water partition coefficient (Wildman–Crippen LogP) is 3.66. The van der Waals surface area contributed by atoms with Crippen molar-refractivity contribution in [2.75, 3.05) is 12.3 Å². The predicted molar refractivity (Wildman–Crippen MR) is 109 cm³/mol. The third-order valence-electron chi connectivity index (χ3n) is 5.59. The largest absolute Gasteiger partial charge is 0.351 e. The maximum atomic E-state index is 12.6. The van der Waals surface area contributed by atoms with Crippen molar-refractivity contribution in [2.24, 2.45) is 11.3 Å². The molecule has 0 atom stereocenters. The van der Waals surface area contributed by atoms with Gasteiger partial charge >= 0.3 is 0 Å². The van der Waals surface area contributed by atoms with E-state index in [1.54, 1.807) is 12.1 Å². The summed E-state index contributed by atoms with van der Waals surface area (Å²) in [4.78, 5) is 12.6. The molecular weight excluding hydrogens is 384 g/mol. The molecule has 0 unspecified atom stereocenters. The normalized spacial score (nSPS) is 25.1. The first-order valence-corrected chi connectivity index (χ1v) is 11.8. The van der Waals surface area contributed by atoms with E-state index in [1.165, 1.54) is 12.8 Å². The van der Waals surface area contributed by atoms with Crippen molar-refractivity contribution in [3.63, 3.8) is 0 Å². The van der Waals surface area contributed by atoms with Gasteiger partial charge in [-0.25, -0.2) is 13.1 Å². The quantitative estimate of drug-likeness (QED) is 0.649. The summed E-state index contributed by atoms with van der Waals surface area (Å²) in [7, 11) is -3.19. The molecule has 0 heterocycles. The molecule has 7 heteroatoms. The average Bonchev–Trinajstić information content (AvgIpc) is 3.34. The molecule has 0 saturated heterocycles. The van der Waals surface area contributed by atoms with Crippen molar-refractivity contribution >= 4 is 27.5 Å². The summed E-state index contributed by atoms with van der Waals surface area (Å²) >= 11 is 6.20. The van der Waals surface area contributed by atoms with Crippen LogP contribution in [-0.2, 0) is 10.0 Å². The lowest BCUT2D eigenvalue weighted by Gasteiger charge is -2.48.